The fourth-order valence-electron chi connectivity index (χ4n) is 3.65. The van der Waals surface area contributed by atoms with Crippen LogP contribution < -0.4 is 10.6 Å². The fraction of sp³-hybridized carbons (Fsp3) is 0.789. The summed E-state index contributed by atoms with van der Waals surface area (Å²) in [5.74, 6) is 2.64. The van der Waals surface area contributed by atoms with Gasteiger partial charge >= 0.3 is 0 Å². The van der Waals surface area contributed by atoms with Crippen LogP contribution in [-0.2, 0) is 13.6 Å². The van der Waals surface area contributed by atoms with Gasteiger partial charge in [-0.25, -0.2) is 4.99 Å². The lowest BCUT2D eigenvalue weighted by Crippen LogP contribution is -2.45. The third-order valence-electron chi connectivity index (χ3n) is 5.45. The number of nitrogens with zero attached hydrogens (tertiary/aromatic N) is 3. The van der Waals surface area contributed by atoms with Crippen molar-refractivity contribution in [3.05, 3.63) is 17.0 Å². The molecule has 1 aliphatic rings. The Hall–Kier alpha value is -0.790. The van der Waals surface area contributed by atoms with Crippen molar-refractivity contribution >= 4 is 29.9 Å². The van der Waals surface area contributed by atoms with Gasteiger partial charge in [-0.3, -0.25) is 4.68 Å². The van der Waals surface area contributed by atoms with E-state index in [9.17, 15) is 0 Å². The Morgan fingerprint density at radius 1 is 1.24 bits per heavy atom. The van der Waals surface area contributed by atoms with Crippen molar-refractivity contribution in [2.24, 2.45) is 23.9 Å². The Morgan fingerprint density at radius 2 is 1.88 bits per heavy atom. The average molecular weight is 461 g/mol. The zero-order valence-electron chi connectivity index (χ0n) is 16.7. The Bertz CT molecular complexity index is 556. The van der Waals surface area contributed by atoms with Crippen LogP contribution in [0, 0.1) is 25.7 Å². The van der Waals surface area contributed by atoms with Gasteiger partial charge in [0.05, 0.1) is 12.2 Å². The Morgan fingerprint density at radius 3 is 2.36 bits per heavy atom. The molecule has 144 valence electrons. The Labute approximate surface area is 170 Å². The van der Waals surface area contributed by atoms with Crippen molar-refractivity contribution in [2.75, 3.05) is 6.54 Å². The molecule has 1 saturated carbocycles. The average Bonchev–Trinajstić information content (AvgIpc) is 2.78. The number of guanidine groups is 1. The number of aromatic nitrogens is 2. The van der Waals surface area contributed by atoms with E-state index in [4.69, 9.17) is 4.99 Å². The lowest BCUT2D eigenvalue weighted by atomic mass is 9.80. The van der Waals surface area contributed by atoms with Gasteiger partial charge in [0, 0.05) is 30.9 Å². The Kier molecular flexibility index (Phi) is 9.24. The molecule has 0 aliphatic heterocycles. The van der Waals surface area contributed by atoms with Crippen LogP contribution in [0.3, 0.4) is 0 Å². The molecule has 0 amide bonds. The summed E-state index contributed by atoms with van der Waals surface area (Å²) in [6.07, 6.45) is 5.15. The summed E-state index contributed by atoms with van der Waals surface area (Å²) in [6, 6.07) is 0.550. The number of halogens is 1. The van der Waals surface area contributed by atoms with Gasteiger partial charge in [-0.2, -0.15) is 5.10 Å². The molecular formula is C19H36IN5. The number of hydrogen-bond donors (Lipinski definition) is 2. The first-order valence-corrected chi connectivity index (χ1v) is 9.46. The molecule has 0 unspecified atom stereocenters. The van der Waals surface area contributed by atoms with E-state index in [1.54, 1.807) is 0 Å². The van der Waals surface area contributed by atoms with E-state index in [2.05, 4.69) is 50.4 Å². The molecule has 1 fully saturated rings. The van der Waals surface area contributed by atoms with Crippen molar-refractivity contribution in [3.8, 4) is 0 Å². The molecule has 0 saturated heterocycles. The summed E-state index contributed by atoms with van der Waals surface area (Å²) in [6.45, 7) is 12.6. The van der Waals surface area contributed by atoms with Gasteiger partial charge in [0.2, 0.25) is 0 Å². The van der Waals surface area contributed by atoms with E-state index in [1.165, 1.54) is 36.9 Å². The summed E-state index contributed by atoms with van der Waals surface area (Å²) in [5, 5.41) is 11.5. The fourth-order valence-corrected chi connectivity index (χ4v) is 3.65. The number of hydrogen-bond acceptors (Lipinski definition) is 2. The van der Waals surface area contributed by atoms with Crippen LogP contribution >= 0.6 is 24.0 Å². The molecule has 1 aromatic rings. The summed E-state index contributed by atoms with van der Waals surface area (Å²) in [5.41, 5.74) is 3.51. The highest BCUT2D eigenvalue weighted by Gasteiger charge is 2.23. The molecular weight excluding hydrogens is 425 g/mol. The van der Waals surface area contributed by atoms with Crippen molar-refractivity contribution in [2.45, 2.75) is 72.9 Å². The van der Waals surface area contributed by atoms with E-state index in [-0.39, 0.29) is 24.0 Å². The number of aryl methyl sites for hydroxylation is 2. The maximum absolute atomic E-state index is 4.81. The van der Waals surface area contributed by atoms with Gasteiger partial charge in [-0.15, -0.1) is 24.0 Å². The summed E-state index contributed by atoms with van der Waals surface area (Å²) in [4.78, 5) is 4.81. The number of aliphatic imine (C=N–C) groups is 1. The molecule has 1 heterocycles. The lowest BCUT2D eigenvalue weighted by Gasteiger charge is -2.32. The van der Waals surface area contributed by atoms with Gasteiger partial charge < -0.3 is 10.6 Å². The zero-order valence-corrected chi connectivity index (χ0v) is 19.1. The molecule has 0 bridgehead atoms. The van der Waals surface area contributed by atoms with E-state index >= 15 is 0 Å². The third kappa shape index (κ3) is 6.15. The SMILES string of the molecule is CCNC(=NCc1c(C)nn(C)c1C)NC1CCC(C(C)C)CC1.I. The smallest absolute Gasteiger partial charge is 0.191 e. The van der Waals surface area contributed by atoms with Crippen LogP contribution in [-0.4, -0.2) is 28.3 Å². The molecule has 1 aromatic heterocycles. The number of nitrogens with one attached hydrogen (secondary N) is 2. The molecule has 0 radical (unpaired) electrons. The standard InChI is InChI=1S/C19H35N5.HI/c1-7-20-19(21-12-18-14(4)23-24(6)15(18)5)22-17-10-8-16(9-11-17)13(2)3;/h13,16-17H,7-12H2,1-6H3,(H2,20,21,22);1H. The topological polar surface area (TPSA) is 54.2 Å². The van der Waals surface area contributed by atoms with Crippen molar-refractivity contribution in [1.82, 2.24) is 20.4 Å². The molecule has 0 atom stereocenters. The second kappa shape index (κ2) is 10.4. The molecule has 0 aromatic carbocycles. The van der Waals surface area contributed by atoms with Crippen molar-refractivity contribution < 1.29 is 0 Å². The summed E-state index contributed by atoms with van der Waals surface area (Å²) in [7, 11) is 1.99. The molecule has 5 nitrogen and oxygen atoms in total. The highest BCUT2D eigenvalue weighted by molar-refractivity contribution is 14.0. The van der Waals surface area contributed by atoms with Crippen LogP contribution in [0.5, 0.6) is 0 Å². The monoisotopic (exact) mass is 461 g/mol. The largest absolute Gasteiger partial charge is 0.357 e. The van der Waals surface area contributed by atoms with Gasteiger partial charge in [-0.1, -0.05) is 13.8 Å². The first-order chi connectivity index (χ1) is 11.4. The van der Waals surface area contributed by atoms with Gasteiger partial charge in [0.25, 0.3) is 0 Å². The lowest BCUT2D eigenvalue weighted by molar-refractivity contribution is 0.250. The number of rotatable bonds is 5. The van der Waals surface area contributed by atoms with E-state index in [0.29, 0.717) is 12.6 Å². The minimum absolute atomic E-state index is 0. The normalized spacial score (nSPS) is 21.2. The maximum atomic E-state index is 4.81. The second-order valence-corrected chi connectivity index (χ2v) is 7.47. The van der Waals surface area contributed by atoms with Crippen LogP contribution in [0.25, 0.3) is 0 Å². The summed E-state index contributed by atoms with van der Waals surface area (Å²) < 4.78 is 1.94. The van der Waals surface area contributed by atoms with Crippen molar-refractivity contribution in [3.63, 3.8) is 0 Å². The van der Waals surface area contributed by atoms with Crippen molar-refractivity contribution in [1.29, 1.82) is 0 Å². The minimum Gasteiger partial charge on any atom is -0.357 e. The summed E-state index contributed by atoms with van der Waals surface area (Å²) >= 11 is 0. The predicted octanol–water partition coefficient (Wildman–Crippen LogP) is 3.92. The third-order valence-corrected chi connectivity index (χ3v) is 5.45. The molecule has 2 N–H and O–H groups in total. The first kappa shape index (κ1) is 22.3. The Balaban J connectivity index is 0.00000312. The maximum Gasteiger partial charge on any atom is 0.191 e. The molecule has 2 rings (SSSR count). The second-order valence-electron chi connectivity index (χ2n) is 7.47. The van der Waals surface area contributed by atoms with E-state index < -0.39 is 0 Å². The first-order valence-electron chi connectivity index (χ1n) is 9.46. The van der Waals surface area contributed by atoms with Gasteiger partial charge in [0.15, 0.2) is 5.96 Å². The van der Waals surface area contributed by atoms with E-state index in [1.807, 2.05) is 11.7 Å². The molecule has 1 aliphatic carbocycles. The van der Waals surface area contributed by atoms with Crippen LogP contribution in [0.15, 0.2) is 4.99 Å². The van der Waals surface area contributed by atoms with Crippen LogP contribution in [0.4, 0.5) is 0 Å². The quantitative estimate of drug-likeness (QED) is 0.397. The zero-order chi connectivity index (χ0) is 17.7. The predicted molar refractivity (Wildman–Crippen MR) is 117 cm³/mol. The van der Waals surface area contributed by atoms with E-state index in [0.717, 1.165) is 30.0 Å². The highest BCUT2D eigenvalue weighted by atomic mass is 127. The molecule has 6 heteroatoms. The highest BCUT2D eigenvalue weighted by Crippen LogP contribution is 2.29. The van der Waals surface area contributed by atoms with Gasteiger partial charge in [0.1, 0.15) is 0 Å². The molecule has 0 spiro atoms. The van der Waals surface area contributed by atoms with Gasteiger partial charge in [-0.05, 0) is 58.3 Å². The van der Waals surface area contributed by atoms with Crippen LogP contribution in [0.1, 0.15) is 63.4 Å². The van der Waals surface area contributed by atoms with Crippen LogP contribution in [0.2, 0.25) is 0 Å². The minimum atomic E-state index is 0. The molecule has 25 heavy (non-hydrogen) atoms.